The molecule has 4 aromatic rings. The Kier molecular flexibility index (Phi) is 4.74. The second-order valence-electron chi connectivity index (χ2n) is 7.21. The summed E-state index contributed by atoms with van der Waals surface area (Å²) in [5, 5.41) is 0. The highest BCUT2D eigenvalue weighted by molar-refractivity contribution is 5.72. The SMILES string of the molecule is Cc1nc(C)n2c(C)nc(N)c2c1C.Cc1nc(C)n2c(N)nc(C)c2c1C. The molecule has 8 heteroatoms. The number of nitrogens with zero attached hydrogens (tertiary/aromatic N) is 6. The van der Waals surface area contributed by atoms with Crippen LogP contribution in [0.5, 0.6) is 0 Å². The van der Waals surface area contributed by atoms with Crippen LogP contribution in [-0.4, -0.2) is 28.7 Å². The van der Waals surface area contributed by atoms with Crippen molar-refractivity contribution in [1.29, 1.82) is 0 Å². The standard InChI is InChI=1S/2C10H14N4/c1-5-6(2)12-7(3)14-8(4)13-10(11)9(5)14;1-5-6(2)12-8(4)14-9(5)7(3)13-10(14)11/h11H2,1-4H3;1-4H3,(H2,11,13). The summed E-state index contributed by atoms with van der Waals surface area (Å²) < 4.78 is 3.90. The summed E-state index contributed by atoms with van der Waals surface area (Å²) in [7, 11) is 0. The maximum absolute atomic E-state index is 5.86. The summed E-state index contributed by atoms with van der Waals surface area (Å²) in [6.07, 6.45) is 0. The van der Waals surface area contributed by atoms with Gasteiger partial charge in [0.1, 0.15) is 23.3 Å². The van der Waals surface area contributed by atoms with Crippen LogP contribution in [0.2, 0.25) is 0 Å². The Morgan fingerprint density at radius 3 is 1.57 bits per heavy atom. The van der Waals surface area contributed by atoms with Crippen molar-refractivity contribution in [3.8, 4) is 0 Å². The van der Waals surface area contributed by atoms with E-state index in [2.05, 4.69) is 19.9 Å². The van der Waals surface area contributed by atoms with Crippen molar-refractivity contribution in [3.05, 3.63) is 45.7 Å². The lowest BCUT2D eigenvalue weighted by molar-refractivity contribution is 0.906. The third-order valence-electron chi connectivity index (χ3n) is 5.25. The van der Waals surface area contributed by atoms with Crippen LogP contribution < -0.4 is 11.5 Å². The summed E-state index contributed by atoms with van der Waals surface area (Å²) in [5.41, 5.74) is 19.0. The van der Waals surface area contributed by atoms with Crippen molar-refractivity contribution in [2.24, 2.45) is 0 Å². The first-order valence-electron chi connectivity index (χ1n) is 9.21. The zero-order chi connectivity index (χ0) is 20.9. The summed E-state index contributed by atoms with van der Waals surface area (Å²) in [6, 6.07) is 0. The molecule has 0 fully saturated rings. The van der Waals surface area contributed by atoms with Gasteiger partial charge in [-0.15, -0.1) is 0 Å². The average Bonchev–Trinajstić information content (AvgIpc) is 3.07. The molecule has 0 aliphatic heterocycles. The monoisotopic (exact) mass is 380 g/mol. The van der Waals surface area contributed by atoms with E-state index in [-0.39, 0.29) is 0 Å². The molecule has 0 bridgehead atoms. The first-order valence-corrected chi connectivity index (χ1v) is 9.21. The molecule has 0 radical (unpaired) electrons. The van der Waals surface area contributed by atoms with Crippen LogP contribution in [0.3, 0.4) is 0 Å². The van der Waals surface area contributed by atoms with E-state index in [1.54, 1.807) is 0 Å². The van der Waals surface area contributed by atoms with Gasteiger partial charge in [0.05, 0.1) is 16.7 Å². The molecule has 0 saturated carbocycles. The van der Waals surface area contributed by atoms with Gasteiger partial charge < -0.3 is 11.5 Å². The maximum atomic E-state index is 5.86. The number of nitrogen functional groups attached to an aromatic ring is 2. The third-order valence-corrected chi connectivity index (χ3v) is 5.25. The van der Waals surface area contributed by atoms with Crippen LogP contribution in [0.25, 0.3) is 11.0 Å². The highest BCUT2D eigenvalue weighted by Crippen LogP contribution is 2.22. The van der Waals surface area contributed by atoms with Crippen LogP contribution in [0, 0.1) is 55.4 Å². The molecule has 4 N–H and O–H groups in total. The van der Waals surface area contributed by atoms with E-state index in [1.165, 1.54) is 0 Å². The van der Waals surface area contributed by atoms with Crippen molar-refractivity contribution in [1.82, 2.24) is 28.7 Å². The van der Waals surface area contributed by atoms with Gasteiger partial charge in [0.2, 0.25) is 5.95 Å². The molecule has 28 heavy (non-hydrogen) atoms. The zero-order valence-electron chi connectivity index (χ0n) is 17.8. The largest absolute Gasteiger partial charge is 0.382 e. The normalized spacial score (nSPS) is 11.1. The van der Waals surface area contributed by atoms with Gasteiger partial charge in [-0.25, -0.2) is 19.9 Å². The van der Waals surface area contributed by atoms with Gasteiger partial charge in [-0.05, 0) is 66.5 Å². The van der Waals surface area contributed by atoms with Crippen LogP contribution >= 0.6 is 0 Å². The Balaban J connectivity index is 0.000000161. The van der Waals surface area contributed by atoms with Crippen molar-refractivity contribution in [2.75, 3.05) is 11.5 Å². The first kappa shape index (κ1) is 19.6. The molecule has 0 unspecified atom stereocenters. The Hall–Kier alpha value is -3.16. The molecular weight excluding hydrogens is 352 g/mol. The molecule has 0 atom stereocenters. The molecule has 4 rings (SSSR count). The average molecular weight is 381 g/mol. The van der Waals surface area contributed by atoms with Crippen molar-refractivity contribution in [2.45, 2.75) is 55.4 Å². The van der Waals surface area contributed by atoms with Crippen molar-refractivity contribution >= 4 is 22.8 Å². The number of anilines is 2. The molecule has 4 heterocycles. The van der Waals surface area contributed by atoms with E-state index >= 15 is 0 Å². The summed E-state index contributed by atoms with van der Waals surface area (Å²) in [4.78, 5) is 17.4. The van der Waals surface area contributed by atoms with Crippen LogP contribution in [0.15, 0.2) is 0 Å². The number of imidazole rings is 2. The lowest BCUT2D eigenvalue weighted by atomic mass is 10.2. The Bertz CT molecular complexity index is 1120. The fourth-order valence-corrected chi connectivity index (χ4v) is 3.72. The quantitative estimate of drug-likeness (QED) is 0.485. The lowest BCUT2D eigenvalue weighted by Gasteiger charge is -2.07. The molecule has 8 nitrogen and oxygen atoms in total. The van der Waals surface area contributed by atoms with Crippen LogP contribution in [0.4, 0.5) is 11.8 Å². The third kappa shape index (κ3) is 2.94. The summed E-state index contributed by atoms with van der Waals surface area (Å²) in [6.45, 7) is 15.9. The Morgan fingerprint density at radius 2 is 1.00 bits per heavy atom. The van der Waals surface area contributed by atoms with Crippen LogP contribution in [-0.2, 0) is 0 Å². The number of fused-ring (bicyclic) bond motifs is 2. The lowest BCUT2D eigenvalue weighted by Crippen LogP contribution is -2.03. The summed E-state index contributed by atoms with van der Waals surface area (Å²) >= 11 is 0. The highest BCUT2D eigenvalue weighted by atomic mass is 15.1. The number of nitrogens with two attached hydrogens (primary N) is 2. The van der Waals surface area contributed by atoms with Crippen LogP contribution in [0.1, 0.15) is 45.7 Å². The number of rotatable bonds is 0. The van der Waals surface area contributed by atoms with Crippen molar-refractivity contribution in [3.63, 3.8) is 0 Å². The van der Waals surface area contributed by atoms with Gasteiger partial charge in [-0.3, -0.25) is 8.80 Å². The van der Waals surface area contributed by atoms with Gasteiger partial charge in [-0.1, -0.05) is 0 Å². The number of aryl methyl sites for hydroxylation is 8. The molecule has 0 aromatic carbocycles. The van der Waals surface area contributed by atoms with E-state index in [0.717, 1.165) is 56.7 Å². The zero-order valence-corrected chi connectivity index (χ0v) is 17.8. The molecule has 0 aliphatic rings. The minimum absolute atomic E-state index is 0.519. The minimum atomic E-state index is 0.519. The van der Waals surface area contributed by atoms with E-state index in [0.29, 0.717) is 11.8 Å². The van der Waals surface area contributed by atoms with E-state index in [9.17, 15) is 0 Å². The fraction of sp³-hybridized carbons (Fsp3) is 0.400. The minimum Gasteiger partial charge on any atom is -0.382 e. The van der Waals surface area contributed by atoms with Gasteiger partial charge in [0.15, 0.2) is 0 Å². The summed E-state index contributed by atoms with van der Waals surface area (Å²) in [5.74, 6) is 3.83. The number of hydrogen-bond acceptors (Lipinski definition) is 6. The molecule has 0 spiro atoms. The first-order chi connectivity index (χ1) is 13.0. The number of hydrogen-bond donors (Lipinski definition) is 2. The van der Waals surface area contributed by atoms with E-state index in [4.69, 9.17) is 11.5 Å². The molecule has 0 aliphatic carbocycles. The molecule has 148 valence electrons. The van der Waals surface area contributed by atoms with Gasteiger partial charge in [0.25, 0.3) is 0 Å². The van der Waals surface area contributed by atoms with E-state index in [1.807, 2.05) is 64.2 Å². The smallest absolute Gasteiger partial charge is 0.206 e. The second kappa shape index (κ2) is 6.78. The number of aromatic nitrogens is 6. The van der Waals surface area contributed by atoms with E-state index < -0.39 is 0 Å². The Morgan fingerprint density at radius 1 is 0.536 bits per heavy atom. The van der Waals surface area contributed by atoms with Gasteiger partial charge in [-0.2, -0.15) is 0 Å². The van der Waals surface area contributed by atoms with Crippen molar-refractivity contribution < 1.29 is 0 Å². The highest BCUT2D eigenvalue weighted by Gasteiger charge is 2.13. The van der Waals surface area contributed by atoms with Gasteiger partial charge >= 0.3 is 0 Å². The van der Waals surface area contributed by atoms with Gasteiger partial charge in [0, 0.05) is 11.4 Å². The predicted molar refractivity (Wildman–Crippen MR) is 113 cm³/mol. The maximum Gasteiger partial charge on any atom is 0.206 e. The fourth-order valence-electron chi connectivity index (χ4n) is 3.72. The molecule has 0 amide bonds. The Labute approximate surface area is 164 Å². The second-order valence-corrected chi connectivity index (χ2v) is 7.21. The molecule has 4 aromatic heterocycles. The predicted octanol–water partition coefficient (Wildman–Crippen LogP) is 3.09. The molecular formula is C20H28N8. The molecule has 0 saturated heterocycles. The topological polar surface area (TPSA) is 112 Å².